The summed E-state index contributed by atoms with van der Waals surface area (Å²) in [7, 11) is 0. The highest BCUT2D eigenvalue weighted by Crippen LogP contribution is 2.47. The quantitative estimate of drug-likeness (QED) is 0.0902. The van der Waals surface area contributed by atoms with Crippen LogP contribution in [0.1, 0.15) is 44.5 Å². The molecule has 13 aromatic rings. The first-order valence-electron chi connectivity index (χ1n) is 29.4. The monoisotopic (exact) mass is 1100 g/mol. The van der Waals surface area contributed by atoms with E-state index in [9.17, 15) is 0 Å². The molecule has 0 saturated heterocycles. The van der Waals surface area contributed by atoms with E-state index < -0.39 is 0 Å². The van der Waals surface area contributed by atoms with Crippen molar-refractivity contribution in [2.24, 2.45) is 0 Å². The fraction of sp³-hybridized carbons (Fsp3) is 0.0886. The summed E-state index contributed by atoms with van der Waals surface area (Å²) in [6.07, 6.45) is 11.4. The molecule has 6 heteroatoms. The lowest BCUT2D eigenvalue weighted by atomic mass is 9.93. The molecule has 0 N–H and O–H groups in total. The van der Waals surface area contributed by atoms with E-state index in [0.29, 0.717) is 0 Å². The van der Waals surface area contributed by atoms with E-state index >= 15 is 0 Å². The molecule has 0 aliphatic rings. The predicted molar refractivity (Wildman–Crippen MR) is 362 cm³/mol. The van der Waals surface area contributed by atoms with E-state index in [1.165, 1.54) is 27.7 Å². The van der Waals surface area contributed by atoms with E-state index in [-0.39, 0.29) is 0 Å². The minimum absolute atomic E-state index is 0.732. The molecule has 11 aromatic carbocycles. The summed E-state index contributed by atoms with van der Waals surface area (Å²) in [6.45, 7) is 15.1. The molecule has 0 amide bonds. The molecule has 0 aliphatic heterocycles. The predicted octanol–water partition coefficient (Wildman–Crippen LogP) is 21.6. The third-order valence-corrected chi connectivity index (χ3v) is 15.7. The Bertz CT molecular complexity index is 4560. The summed E-state index contributed by atoms with van der Waals surface area (Å²) in [6, 6.07) is 92.7. The van der Waals surface area contributed by atoms with Crippen molar-refractivity contribution in [2.75, 3.05) is 21.2 Å². The van der Waals surface area contributed by atoms with Gasteiger partial charge >= 0.3 is 0 Å². The fourth-order valence-corrected chi connectivity index (χ4v) is 11.9. The van der Waals surface area contributed by atoms with Gasteiger partial charge in [-0.15, -0.1) is 6.58 Å². The SMILES string of the molecule is C=CCc1ccccc1N(C/C=C\C)c1ccc(N(c2cc#ccc2)c2ccc(-c3nc4ccccc4nc3-c3ccc(N(c4ccccc4)c4ccc(-n5c(C)c(/C=C\C)c6ccccc65)cc4)c4ccccc34)c3ccccc23)cc1.CC. The number of para-hydroxylation sites is 5. The Hall–Kier alpha value is -10.7. The Balaban J connectivity index is 0.00000351. The first-order chi connectivity index (χ1) is 42.0. The smallest absolute Gasteiger partial charge is 0.0979 e. The molecule has 0 radical (unpaired) electrons. The van der Waals surface area contributed by atoms with Gasteiger partial charge < -0.3 is 19.3 Å². The Labute approximate surface area is 499 Å². The number of benzene rings is 10. The van der Waals surface area contributed by atoms with Gasteiger partial charge in [0.15, 0.2) is 0 Å². The number of hydrogen-bond donors (Lipinski definition) is 0. The Kier molecular flexibility index (Phi) is 16.0. The number of fused-ring (bicyclic) bond motifs is 4. The van der Waals surface area contributed by atoms with Crippen LogP contribution in [0, 0.1) is 19.1 Å². The van der Waals surface area contributed by atoms with Crippen molar-refractivity contribution in [3.63, 3.8) is 0 Å². The van der Waals surface area contributed by atoms with Crippen LogP contribution >= 0.6 is 0 Å². The van der Waals surface area contributed by atoms with Crippen LogP contribution in [0.4, 0.5) is 45.5 Å². The molecule has 6 nitrogen and oxygen atoms in total. The number of allylic oxidation sites excluding steroid dienone is 3. The second-order valence-corrected chi connectivity index (χ2v) is 20.6. The van der Waals surface area contributed by atoms with Gasteiger partial charge in [-0.1, -0.05) is 172 Å². The van der Waals surface area contributed by atoms with Crippen LogP contribution in [-0.4, -0.2) is 21.1 Å². The number of hydrogen-bond acceptors (Lipinski definition) is 5. The van der Waals surface area contributed by atoms with Crippen molar-refractivity contribution in [3.8, 4) is 28.2 Å². The van der Waals surface area contributed by atoms with Crippen LogP contribution in [0.5, 0.6) is 0 Å². The summed E-state index contributed by atoms with van der Waals surface area (Å²) in [4.78, 5) is 18.2. The standard InChI is InChI=1S/C77H60N6.C2H6/c1-5-8-53-80(72-39-23-15-27-55(72)25-6-2)56-41-43-60(44-42-56)82(57-28-11-9-12-29-57)74-51-49-68(63-32-16-18-35-66(63)74)76-77(79-71-38-22-21-37-70(71)78-76)69-50-52-75(67-36-19-17-33-64(67)69)83(58-30-13-10-14-31-58)61-47-45-59(46-48-61)81-54(4)62(26-7-3)65-34-20-24-40-73(65)81;1-2/h5-8,10-11,13-24,26-52H,2,25,53H2,1,3-4H3;1-2H3/b8-5-,26-7-;. The second-order valence-electron chi connectivity index (χ2n) is 20.6. The molecule has 0 saturated carbocycles. The molecule has 85 heavy (non-hydrogen) atoms. The van der Waals surface area contributed by atoms with Crippen LogP contribution in [0.15, 0.2) is 274 Å². The van der Waals surface area contributed by atoms with Gasteiger partial charge in [0.05, 0.1) is 45.0 Å². The topological polar surface area (TPSA) is 40.4 Å². The molecule has 2 heterocycles. The summed E-state index contributed by atoms with van der Waals surface area (Å²) in [5.74, 6) is 0. The number of nitrogens with zero attached hydrogens (tertiary/aromatic N) is 6. The zero-order valence-corrected chi connectivity index (χ0v) is 48.8. The summed E-state index contributed by atoms with van der Waals surface area (Å²) < 4.78 is 2.37. The van der Waals surface area contributed by atoms with Gasteiger partial charge in [0, 0.05) is 85.3 Å². The van der Waals surface area contributed by atoms with Crippen LogP contribution in [-0.2, 0) is 6.42 Å². The minimum atomic E-state index is 0.732. The number of anilines is 8. The molecule has 0 atom stereocenters. The summed E-state index contributed by atoms with van der Waals surface area (Å²) in [5.41, 5.74) is 19.6. The lowest BCUT2D eigenvalue weighted by molar-refractivity contribution is 1.05. The van der Waals surface area contributed by atoms with E-state index in [1.807, 2.05) is 44.2 Å². The van der Waals surface area contributed by atoms with E-state index in [0.717, 1.165) is 119 Å². The van der Waals surface area contributed by atoms with Gasteiger partial charge in [-0.25, -0.2) is 9.97 Å². The molecular weight excluding hydrogens is 1030 g/mol. The van der Waals surface area contributed by atoms with Crippen LogP contribution in [0.2, 0.25) is 0 Å². The zero-order valence-electron chi connectivity index (χ0n) is 48.8. The van der Waals surface area contributed by atoms with Gasteiger partial charge in [-0.2, -0.15) is 0 Å². The van der Waals surface area contributed by atoms with Crippen molar-refractivity contribution in [1.29, 1.82) is 0 Å². The maximum Gasteiger partial charge on any atom is 0.0979 e. The molecule has 0 spiro atoms. The largest absolute Gasteiger partial charge is 0.337 e. The molecule has 412 valence electrons. The average molecular weight is 1100 g/mol. The molecular formula is C79H66N6. The summed E-state index contributed by atoms with van der Waals surface area (Å²) in [5, 5.41) is 5.52. The third kappa shape index (κ3) is 10.5. The van der Waals surface area contributed by atoms with Gasteiger partial charge in [0.2, 0.25) is 0 Å². The van der Waals surface area contributed by atoms with E-state index in [4.69, 9.17) is 9.97 Å². The van der Waals surface area contributed by atoms with Gasteiger partial charge in [0.25, 0.3) is 0 Å². The van der Waals surface area contributed by atoms with E-state index in [2.05, 4.69) is 301 Å². The fourth-order valence-electron chi connectivity index (χ4n) is 11.9. The van der Waals surface area contributed by atoms with E-state index in [1.54, 1.807) is 0 Å². The first-order valence-corrected chi connectivity index (χ1v) is 29.4. The zero-order chi connectivity index (χ0) is 58.2. The highest BCUT2D eigenvalue weighted by molar-refractivity contribution is 6.11. The molecule has 0 aliphatic carbocycles. The van der Waals surface area contributed by atoms with Gasteiger partial charge in [-0.3, -0.25) is 0 Å². The van der Waals surface area contributed by atoms with Crippen molar-refractivity contribution in [2.45, 2.75) is 41.0 Å². The third-order valence-electron chi connectivity index (χ3n) is 15.7. The second kappa shape index (κ2) is 24.8. The summed E-state index contributed by atoms with van der Waals surface area (Å²) >= 11 is 0. The van der Waals surface area contributed by atoms with Crippen molar-refractivity contribution < 1.29 is 0 Å². The maximum atomic E-state index is 5.57. The van der Waals surface area contributed by atoms with Crippen molar-refractivity contribution in [1.82, 2.24) is 14.5 Å². The molecule has 0 unspecified atom stereocenters. The van der Waals surface area contributed by atoms with Gasteiger partial charge in [-0.05, 0) is 165 Å². The molecule has 0 fully saturated rings. The number of rotatable bonds is 16. The first kappa shape index (κ1) is 54.8. The molecule has 13 rings (SSSR count). The van der Waals surface area contributed by atoms with Gasteiger partial charge in [0.1, 0.15) is 0 Å². The lowest BCUT2D eigenvalue weighted by Gasteiger charge is -2.29. The number of aromatic nitrogens is 3. The normalized spacial score (nSPS) is 11.3. The molecule has 2 aromatic heterocycles. The van der Waals surface area contributed by atoms with Crippen molar-refractivity contribution in [3.05, 3.63) is 302 Å². The minimum Gasteiger partial charge on any atom is -0.337 e. The Morgan fingerprint density at radius 1 is 0.471 bits per heavy atom. The van der Waals surface area contributed by atoms with Crippen molar-refractivity contribution >= 4 is 95.1 Å². The molecule has 0 bridgehead atoms. The Morgan fingerprint density at radius 3 is 1.58 bits per heavy atom. The highest BCUT2D eigenvalue weighted by atomic mass is 15.2. The van der Waals surface area contributed by atoms with Crippen LogP contribution < -0.4 is 14.7 Å². The Morgan fingerprint density at radius 2 is 0.988 bits per heavy atom. The lowest BCUT2D eigenvalue weighted by Crippen LogP contribution is -2.18. The van der Waals surface area contributed by atoms with Crippen LogP contribution in [0.3, 0.4) is 0 Å². The highest BCUT2D eigenvalue weighted by Gasteiger charge is 2.25. The maximum absolute atomic E-state index is 5.57. The van der Waals surface area contributed by atoms with Crippen LogP contribution in [0.25, 0.3) is 77.8 Å². The average Bonchev–Trinajstić information content (AvgIpc) is 2.76.